The minimum atomic E-state index is -0.475. The van der Waals surface area contributed by atoms with E-state index < -0.39 is 11.6 Å². The molecule has 4 heteroatoms. The van der Waals surface area contributed by atoms with E-state index in [0.29, 0.717) is 12.1 Å². The van der Waals surface area contributed by atoms with Gasteiger partial charge in [-0.2, -0.15) is 0 Å². The van der Waals surface area contributed by atoms with Gasteiger partial charge in [-0.3, -0.25) is 0 Å². The van der Waals surface area contributed by atoms with E-state index in [1.807, 2.05) is 12.1 Å². The summed E-state index contributed by atoms with van der Waals surface area (Å²) in [4.78, 5) is 4.61. The third kappa shape index (κ3) is 1.45. The van der Waals surface area contributed by atoms with Gasteiger partial charge in [-0.15, -0.1) is 0 Å². The van der Waals surface area contributed by atoms with Crippen LogP contribution in [0.15, 0.2) is 36.4 Å². The van der Waals surface area contributed by atoms with Crippen LogP contribution in [0.2, 0.25) is 0 Å². The van der Waals surface area contributed by atoms with E-state index in [0.717, 1.165) is 23.7 Å². The number of hydrogen-bond donors (Lipinski definition) is 0. The molecule has 2 aromatic rings. The van der Waals surface area contributed by atoms with Crippen molar-refractivity contribution >= 4 is 11.4 Å². The van der Waals surface area contributed by atoms with Crippen LogP contribution in [-0.2, 0) is 12.0 Å². The molecule has 24 heavy (non-hydrogen) atoms. The predicted octanol–water partition coefficient (Wildman–Crippen LogP) is 4.43. The molecule has 5 rings (SSSR count). The van der Waals surface area contributed by atoms with Gasteiger partial charge in [0.15, 0.2) is 0 Å². The third-order valence-corrected chi connectivity index (χ3v) is 6.74. The number of para-hydroxylation sites is 2. The molecule has 1 fully saturated rings. The van der Waals surface area contributed by atoms with E-state index in [1.165, 1.54) is 5.69 Å². The first kappa shape index (κ1) is 14.3. The number of nitrogens with zero attached hydrogens (tertiary/aromatic N) is 2. The summed E-state index contributed by atoms with van der Waals surface area (Å²) in [6.45, 7) is 4.90. The molecule has 0 spiro atoms. The molecule has 0 radical (unpaired) electrons. The van der Waals surface area contributed by atoms with Crippen LogP contribution >= 0.6 is 0 Å². The number of benzene rings is 2. The van der Waals surface area contributed by atoms with Crippen molar-refractivity contribution in [2.75, 3.05) is 16.8 Å². The Kier molecular flexibility index (Phi) is 2.44. The highest BCUT2D eigenvalue weighted by atomic mass is 19.1. The Balaban J connectivity index is 1.77. The van der Waals surface area contributed by atoms with Gasteiger partial charge in [0.05, 0.1) is 11.4 Å². The zero-order chi connectivity index (χ0) is 16.9. The first-order chi connectivity index (χ1) is 11.4. The maximum atomic E-state index is 14.6. The fourth-order valence-electron chi connectivity index (χ4n) is 5.32. The highest BCUT2D eigenvalue weighted by Crippen LogP contribution is 2.71. The van der Waals surface area contributed by atoms with Crippen molar-refractivity contribution in [1.82, 2.24) is 0 Å². The second-order valence-electron chi connectivity index (χ2n) is 7.94. The molecule has 3 unspecified atom stereocenters. The van der Waals surface area contributed by atoms with Crippen LogP contribution in [0.3, 0.4) is 0 Å². The van der Waals surface area contributed by atoms with Crippen LogP contribution in [0.5, 0.6) is 0 Å². The Labute approximate surface area is 140 Å². The number of rotatable bonds is 0. The maximum absolute atomic E-state index is 14.6. The van der Waals surface area contributed by atoms with Gasteiger partial charge in [-0.05, 0) is 30.2 Å². The Bertz CT molecular complexity index is 880. The highest BCUT2D eigenvalue weighted by molar-refractivity contribution is 5.79. The second-order valence-corrected chi connectivity index (χ2v) is 7.94. The van der Waals surface area contributed by atoms with Crippen LogP contribution in [0.4, 0.5) is 20.2 Å². The zero-order valence-electron chi connectivity index (χ0n) is 14.1. The zero-order valence-corrected chi connectivity index (χ0v) is 14.1. The van der Waals surface area contributed by atoms with Gasteiger partial charge in [0.25, 0.3) is 0 Å². The molecule has 1 aliphatic carbocycles. The molecule has 0 saturated heterocycles. The van der Waals surface area contributed by atoms with Crippen molar-refractivity contribution in [3.63, 3.8) is 0 Å². The summed E-state index contributed by atoms with van der Waals surface area (Å²) in [6.07, 6.45) is 1.10. The van der Waals surface area contributed by atoms with E-state index in [1.54, 1.807) is 6.07 Å². The Morgan fingerprint density at radius 2 is 1.79 bits per heavy atom. The minimum absolute atomic E-state index is 0.0355. The molecule has 2 heterocycles. The van der Waals surface area contributed by atoms with Crippen LogP contribution in [0.1, 0.15) is 31.4 Å². The quantitative estimate of drug-likeness (QED) is 0.707. The topological polar surface area (TPSA) is 6.48 Å². The standard InChI is InChI=1S/C20H20F2N2/c1-19-11-20(19,2)18-23(3)16-6-4-5-7-17(16)24(18)10-13-14(19)8-12(21)9-15(13)22/h4-9,18H,10-11H2,1-3H3. The number of fused-ring (bicyclic) bond motifs is 7. The summed E-state index contributed by atoms with van der Waals surface area (Å²) in [5.41, 5.74) is 3.59. The molecular weight excluding hydrogens is 306 g/mol. The van der Waals surface area contributed by atoms with Gasteiger partial charge in [0.2, 0.25) is 0 Å². The van der Waals surface area contributed by atoms with Crippen LogP contribution in [0.25, 0.3) is 0 Å². The first-order valence-electron chi connectivity index (χ1n) is 8.44. The smallest absolute Gasteiger partial charge is 0.131 e. The van der Waals surface area contributed by atoms with Crippen molar-refractivity contribution < 1.29 is 8.78 Å². The van der Waals surface area contributed by atoms with E-state index >= 15 is 0 Å². The number of halogens is 2. The fraction of sp³-hybridized carbons (Fsp3) is 0.400. The molecule has 2 aromatic carbocycles. The first-order valence-corrected chi connectivity index (χ1v) is 8.44. The molecule has 3 aliphatic rings. The normalized spacial score (nSPS) is 32.6. The molecule has 0 bridgehead atoms. The molecular formula is C20H20F2N2. The summed E-state index contributed by atoms with van der Waals surface area (Å²) < 4.78 is 28.6. The molecule has 124 valence electrons. The molecule has 1 saturated carbocycles. The van der Waals surface area contributed by atoms with E-state index in [9.17, 15) is 8.78 Å². The maximum Gasteiger partial charge on any atom is 0.131 e. The molecule has 0 amide bonds. The summed E-state index contributed by atoms with van der Waals surface area (Å²) in [5, 5.41) is 0. The fourth-order valence-corrected chi connectivity index (χ4v) is 5.32. The van der Waals surface area contributed by atoms with Crippen LogP contribution in [-0.4, -0.2) is 13.2 Å². The molecule has 0 N–H and O–H groups in total. The minimum Gasteiger partial charge on any atom is -0.352 e. The molecule has 2 aliphatic heterocycles. The summed E-state index contributed by atoms with van der Waals surface area (Å²) in [7, 11) is 2.11. The molecule has 0 aromatic heterocycles. The van der Waals surface area contributed by atoms with Gasteiger partial charge in [0.1, 0.15) is 17.8 Å². The lowest BCUT2D eigenvalue weighted by Gasteiger charge is -2.36. The number of hydrogen-bond acceptors (Lipinski definition) is 2. The lowest BCUT2D eigenvalue weighted by molar-refractivity contribution is 0.373. The van der Waals surface area contributed by atoms with Gasteiger partial charge in [-0.1, -0.05) is 26.0 Å². The lowest BCUT2D eigenvalue weighted by Crippen LogP contribution is -2.47. The van der Waals surface area contributed by atoms with Crippen molar-refractivity contribution in [2.45, 2.75) is 38.4 Å². The molecule has 2 nitrogen and oxygen atoms in total. The second kappa shape index (κ2) is 4.11. The SMILES string of the molecule is CN1c2ccccc2N2Cc3c(F)cc(F)cc3C3(C)CC3(C)C12. The highest BCUT2D eigenvalue weighted by Gasteiger charge is 2.70. The Hall–Kier alpha value is -2.10. The monoisotopic (exact) mass is 326 g/mol. The third-order valence-electron chi connectivity index (χ3n) is 6.74. The summed E-state index contributed by atoms with van der Waals surface area (Å²) in [5.74, 6) is -0.898. The van der Waals surface area contributed by atoms with Gasteiger partial charge < -0.3 is 9.80 Å². The van der Waals surface area contributed by atoms with E-state index in [2.05, 4.69) is 42.8 Å². The summed E-state index contributed by atoms with van der Waals surface area (Å²) >= 11 is 0. The van der Waals surface area contributed by atoms with Crippen molar-refractivity contribution in [3.8, 4) is 0 Å². The van der Waals surface area contributed by atoms with Crippen LogP contribution in [0, 0.1) is 17.0 Å². The van der Waals surface area contributed by atoms with Crippen molar-refractivity contribution in [1.29, 1.82) is 0 Å². The van der Waals surface area contributed by atoms with Crippen molar-refractivity contribution in [3.05, 3.63) is 59.2 Å². The average Bonchev–Trinajstić information content (AvgIpc) is 3.00. The van der Waals surface area contributed by atoms with Crippen molar-refractivity contribution in [2.24, 2.45) is 5.41 Å². The van der Waals surface area contributed by atoms with E-state index in [4.69, 9.17) is 0 Å². The van der Waals surface area contributed by atoms with Gasteiger partial charge in [0, 0.05) is 36.1 Å². The number of anilines is 2. The van der Waals surface area contributed by atoms with Gasteiger partial charge in [-0.25, -0.2) is 8.78 Å². The predicted molar refractivity (Wildman–Crippen MR) is 91.3 cm³/mol. The Morgan fingerprint density at radius 1 is 1.08 bits per heavy atom. The van der Waals surface area contributed by atoms with Crippen LogP contribution < -0.4 is 9.80 Å². The lowest BCUT2D eigenvalue weighted by atomic mass is 9.85. The largest absolute Gasteiger partial charge is 0.352 e. The van der Waals surface area contributed by atoms with E-state index in [-0.39, 0.29) is 17.0 Å². The summed E-state index contributed by atoms with van der Waals surface area (Å²) in [6, 6.07) is 10.9. The Morgan fingerprint density at radius 3 is 2.54 bits per heavy atom. The van der Waals surface area contributed by atoms with Gasteiger partial charge >= 0.3 is 0 Å². The molecule has 3 atom stereocenters. The average molecular weight is 326 g/mol.